The predicted molar refractivity (Wildman–Crippen MR) is 78.7 cm³/mol. The number of nitrogen functional groups attached to an aromatic ring is 1. The van der Waals surface area contributed by atoms with E-state index in [4.69, 9.17) is 10.5 Å². The van der Waals surface area contributed by atoms with Crippen molar-refractivity contribution in [2.75, 3.05) is 17.7 Å². The average Bonchev–Trinajstić information content (AvgIpc) is 2.35. The average molecular weight is 271 g/mol. The molecule has 0 aliphatic heterocycles. The number of hydrogen-bond acceptors (Lipinski definition) is 4. The maximum atomic E-state index is 11.8. The second kappa shape index (κ2) is 6.06. The van der Waals surface area contributed by atoms with Gasteiger partial charge in [0, 0.05) is 17.4 Å². The first-order valence-corrected chi connectivity index (χ1v) is 6.26. The Morgan fingerprint density at radius 3 is 2.80 bits per heavy atom. The zero-order valence-corrected chi connectivity index (χ0v) is 11.5. The van der Waals surface area contributed by atoms with Crippen LogP contribution in [0.3, 0.4) is 0 Å². The molecular formula is C15H17N3O2. The largest absolute Gasteiger partial charge is 0.484 e. The summed E-state index contributed by atoms with van der Waals surface area (Å²) in [5, 5.41) is 2.70. The monoisotopic (exact) mass is 271 g/mol. The van der Waals surface area contributed by atoms with Gasteiger partial charge in [-0.1, -0.05) is 6.07 Å². The number of ether oxygens (including phenoxy) is 1. The Hall–Kier alpha value is -2.56. The van der Waals surface area contributed by atoms with E-state index in [1.807, 2.05) is 26.0 Å². The third kappa shape index (κ3) is 3.98. The molecule has 0 aliphatic rings. The van der Waals surface area contributed by atoms with E-state index in [9.17, 15) is 4.79 Å². The fourth-order valence-corrected chi connectivity index (χ4v) is 1.84. The number of nitrogens with two attached hydrogens (primary N) is 1. The van der Waals surface area contributed by atoms with Crippen LogP contribution < -0.4 is 15.8 Å². The number of aromatic nitrogens is 1. The molecule has 0 atom stereocenters. The van der Waals surface area contributed by atoms with Crippen LogP contribution in [0.2, 0.25) is 0 Å². The Labute approximate surface area is 117 Å². The third-order valence-electron chi connectivity index (χ3n) is 2.59. The molecule has 0 spiro atoms. The zero-order valence-electron chi connectivity index (χ0n) is 11.5. The number of nitrogens with one attached hydrogen (secondary N) is 1. The number of carbonyl (C=O) groups is 1. The smallest absolute Gasteiger partial charge is 0.263 e. The fraction of sp³-hybridized carbons (Fsp3) is 0.200. The van der Waals surface area contributed by atoms with Crippen molar-refractivity contribution in [1.82, 2.24) is 4.98 Å². The van der Waals surface area contributed by atoms with Gasteiger partial charge in [-0.25, -0.2) is 4.98 Å². The number of aryl methyl sites for hydroxylation is 2. The number of carbonyl (C=O) groups excluding carboxylic acids is 1. The number of hydrogen-bond donors (Lipinski definition) is 2. The number of benzene rings is 1. The molecule has 2 aromatic rings. The maximum absolute atomic E-state index is 11.8. The van der Waals surface area contributed by atoms with Crippen molar-refractivity contribution in [3.8, 4) is 5.75 Å². The second-order valence-electron chi connectivity index (χ2n) is 4.58. The van der Waals surface area contributed by atoms with Crippen LogP contribution in [0.15, 0.2) is 36.4 Å². The van der Waals surface area contributed by atoms with Crippen molar-refractivity contribution < 1.29 is 9.53 Å². The van der Waals surface area contributed by atoms with Gasteiger partial charge in [0.15, 0.2) is 6.61 Å². The Morgan fingerprint density at radius 2 is 2.10 bits per heavy atom. The normalized spacial score (nSPS) is 10.1. The van der Waals surface area contributed by atoms with E-state index in [2.05, 4.69) is 10.3 Å². The van der Waals surface area contributed by atoms with Gasteiger partial charge >= 0.3 is 0 Å². The Bertz CT molecular complexity index is 606. The molecule has 20 heavy (non-hydrogen) atoms. The highest BCUT2D eigenvalue weighted by Gasteiger charge is 2.05. The molecule has 0 fully saturated rings. The molecule has 1 amide bonds. The first kappa shape index (κ1) is 13.9. The van der Waals surface area contributed by atoms with Gasteiger partial charge in [0.1, 0.15) is 11.6 Å². The van der Waals surface area contributed by atoms with Gasteiger partial charge in [0.25, 0.3) is 5.91 Å². The third-order valence-corrected chi connectivity index (χ3v) is 2.59. The molecule has 5 heteroatoms. The van der Waals surface area contributed by atoms with E-state index in [1.54, 1.807) is 24.3 Å². The lowest BCUT2D eigenvalue weighted by atomic mass is 10.2. The molecule has 2 rings (SSSR count). The lowest BCUT2D eigenvalue weighted by Gasteiger charge is -2.08. The van der Waals surface area contributed by atoms with Crippen LogP contribution in [-0.2, 0) is 4.79 Å². The van der Waals surface area contributed by atoms with Crippen LogP contribution in [0.1, 0.15) is 11.3 Å². The minimum atomic E-state index is -0.259. The van der Waals surface area contributed by atoms with Crippen molar-refractivity contribution in [3.63, 3.8) is 0 Å². The van der Waals surface area contributed by atoms with E-state index < -0.39 is 0 Å². The Balaban J connectivity index is 1.92. The summed E-state index contributed by atoms with van der Waals surface area (Å²) in [5.74, 6) is 0.835. The molecule has 1 heterocycles. The molecule has 0 saturated carbocycles. The molecule has 0 unspecified atom stereocenters. The van der Waals surface area contributed by atoms with Crippen LogP contribution in [0.5, 0.6) is 5.75 Å². The molecule has 1 aromatic heterocycles. The van der Waals surface area contributed by atoms with Crippen LogP contribution in [0.4, 0.5) is 11.5 Å². The highest BCUT2D eigenvalue weighted by Crippen LogP contribution is 2.14. The maximum Gasteiger partial charge on any atom is 0.263 e. The SMILES string of the molecule is Cc1cc(C)nc(NC(=O)COc2cccc(N)c2)c1. The zero-order chi connectivity index (χ0) is 14.5. The molecule has 0 saturated heterocycles. The molecule has 0 aliphatic carbocycles. The van der Waals surface area contributed by atoms with Crippen molar-refractivity contribution in [2.45, 2.75) is 13.8 Å². The summed E-state index contributed by atoms with van der Waals surface area (Å²) in [5.41, 5.74) is 8.13. The number of amides is 1. The molecule has 5 nitrogen and oxygen atoms in total. The lowest BCUT2D eigenvalue weighted by Crippen LogP contribution is -2.21. The first-order chi connectivity index (χ1) is 9.52. The fourth-order valence-electron chi connectivity index (χ4n) is 1.84. The number of pyridine rings is 1. The van der Waals surface area contributed by atoms with Crippen molar-refractivity contribution >= 4 is 17.4 Å². The molecule has 3 N–H and O–H groups in total. The van der Waals surface area contributed by atoms with Gasteiger partial charge in [-0.15, -0.1) is 0 Å². The highest BCUT2D eigenvalue weighted by atomic mass is 16.5. The van der Waals surface area contributed by atoms with Crippen LogP contribution in [0.25, 0.3) is 0 Å². The van der Waals surface area contributed by atoms with Crippen molar-refractivity contribution in [1.29, 1.82) is 0 Å². The van der Waals surface area contributed by atoms with Crippen molar-refractivity contribution in [3.05, 3.63) is 47.7 Å². The number of rotatable bonds is 4. The van der Waals surface area contributed by atoms with Crippen molar-refractivity contribution in [2.24, 2.45) is 0 Å². The van der Waals surface area contributed by atoms with E-state index in [0.29, 0.717) is 17.3 Å². The van der Waals surface area contributed by atoms with Gasteiger partial charge in [0.05, 0.1) is 0 Å². The predicted octanol–water partition coefficient (Wildman–Crippen LogP) is 2.30. The van der Waals surface area contributed by atoms with Gasteiger partial charge in [0.2, 0.25) is 0 Å². The van der Waals surface area contributed by atoms with E-state index in [0.717, 1.165) is 11.3 Å². The topological polar surface area (TPSA) is 77.2 Å². The summed E-state index contributed by atoms with van der Waals surface area (Å²) in [6.45, 7) is 3.75. The summed E-state index contributed by atoms with van der Waals surface area (Å²) in [4.78, 5) is 16.0. The summed E-state index contributed by atoms with van der Waals surface area (Å²) in [7, 11) is 0. The molecule has 104 valence electrons. The first-order valence-electron chi connectivity index (χ1n) is 6.26. The lowest BCUT2D eigenvalue weighted by molar-refractivity contribution is -0.118. The van der Waals surface area contributed by atoms with Gasteiger partial charge in [-0.3, -0.25) is 4.79 Å². The van der Waals surface area contributed by atoms with Crippen LogP contribution in [0, 0.1) is 13.8 Å². The molecule has 0 radical (unpaired) electrons. The van der Waals surface area contributed by atoms with Crippen LogP contribution in [-0.4, -0.2) is 17.5 Å². The summed E-state index contributed by atoms with van der Waals surface area (Å²) >= 11 is 0. The summed E-state index contributed by atoms with van der Waals surface area (Å²) < 4.78 is 5.36. The Morgan fingerprint density at radius 1 is 1.30 bits per heavy atom. The quantitative estimate of drug-likeness (QED) is 0.836. The minimum absolute atomic E-state index is 0.0852. The molecule has 1 aromatic carbocycles. The molecular weight excluding hydrogens is 254 g/mol. The van der Waals surface area contributed by atoms with E-state index in [1.165, 1.54) is 0 Å². The summed E-state index contributed by atoms with van der Waals surface area (Å²) in [6.07, 6.45) is 0. The second-order valence-corrected chi connectivity index (χ2v) is 4.58. The van der Waals surface area contributed by atoms with Gasteiger partial charge < -0.3 is 15.8 Å². The van der Waals surface area contributed by atoms with E-state index >= 15 is 0 Å². The number of anilines is 2. The van der Waals surface area contributed by atoms with E-state index in [-0.39, 0.29) is 12.5 Å². The Kier molecular flexibility index (Phi) is 4.20. The minimum Gasteiger partial charge on any atom is -0.484 e. The highest BCUT2D eigenvalue weighted by molar-refractivity contribution is 5.91. The standard InChI is InChI=1S/C15H17N3O2/c1-10-6-11(2)17-14(7-10)18-15(19)9-20-13-5-3-4-12(16)8-13/h3-8H,9,16H2,1-2H3,(H,17,18,19). The van der Waals surface area contributed by atoms with Crippen LogP contribution >= 0.6 is 0 Å². The number of nitrogens with zero attached hydrogens (tertiary/aromatic N) is 1. The van der Waals surface area contributed by atoms with Gasteiger partial charge in [-0.2, -0.15) is 0 Å². The van der Waals surface area contributed by atoms with Gasteiger partial charge in [-0.05, 0) is 43.7 Å². The summed E-state index contributed by atoms with van der Waals surface area (Å²) in [6, 6.07) is 10.7. The molecule has 0 bridgehead atoms.